The Morgan fingerprint density at radius 1 is 0.900 bits per heavy atom. The number of benzene rings is 3. The van der Waals surface area contributed by atoms with E-state index in [0.717, 1.165) is 11.0 Å². The molecule has 3 aromatic carbocycles. The van der Waals surface area contributed by atoms with E-state index in [0.29, 0.717) is 26.9 Å². The van der Waals surface area contributed by atoms with Crippen LogP contribution in [0.5, 0.6) is 5.75 Å². The maximum atomic E-state index is 14.1. The second kappa shape index (κ2) is 9.98. The number of ether oxygens (including phenoxy) is 1. The van der Waals surface area contributed by atoms with Gasteiger partial charge < -0.3 is 9.64 Å². The molecule has 7 nitrogen and oxygen atoms in total. The van der Waals surface area contributed by atoms with Crippen LogP contribution in [0, 0.1) is 17.7 Å². The quantitative estimate of drug-likeness (QED) is 0.293. The van der Waals surface area contributed by atoms with Crippen LogP contribution in [0.3, 0.4) is 0 Å². The average Bonchev–Trinajstić information content (AvgIpc) is 3.44. The average molecular weight is 601 g/mol. The largest absolute Gasteiger partial charge is 0.496 e. The van der Waals surface area contributed by atoms with E-state index in [1.807, 2.05) is 6.07 Å². The molecule has 40 heavy (non-hydrogen) atoms. The van der Waals surface area contributed by atoms with Crippen molar-refractivity contribution < 1.29 is 28.3 Å². The van der Waals surface area contributed by atoms with Crippen molar-refractivity contribution in [3.8, 4) is 5.75 Å². The summed E-state index contributed by atoms with van der Waals surface area (Å²) in [4.78, 5) is 57.6. The second-order valence-corrected chi connectivity index (χ2v) is 10.6. The Hall–Kier alpha value is -4.37. The first-order chi connectivity index (χ1) is 19.3. The molecule has 3 aromatic rings. The molecule has 9 heteroatoms. The topological polar surface area (TPSA) is 84.0 Å². The van der Waals surface area contributed by atoms with Crippen LogP contribution < -0.4 is 9.64 Å². The Balaban J connectivity index is 1.44. The number of ketones is 2. The number of halogens is 2. The van der Waals surface area contributed by atoms with Crippen molar-refractivity contribution in [2.75, 3.05) is 12.0 Å². The van der Waals surface area contributed by atoms with Gasteiger partial charge in [-0.15, -0.1) is 0 Å². The Labute approximate surface area is 237 Å². The number of hydrogen-bond donors (Lipinski definition) is 0. The molecule has 3 heterocycles. The number of imide groups is 1. The predicted molar refractivity (Wildman–Crippen MR) is 148 cm³/mol. The SMILES string of the molecule is COc1ccc(C(=O)[C@@H]2[C@@H]3C(=O)N(c4cccc(F)c4)C(=O)[C@H]3[C@@H]3C=C(C(=O)c4ccccc4)C=CN23)cc1Br. The van der Waals surface area contributed by atoms with Crippen molar-refractivity contribution in [2.24, 2.45) is 11.8 Å². The molecule has 2 fully saturated rings. The van der Waals surface area contributed by atoms with Gasteiger partial charge in [0.25, 0.3) is 0 Å². The summed E-state index contributed by atoms with van der Waals surface area (Å²) in [6.07, 6.45) is 4.88. The van der Waals surface area contributed by atoms with Gasteiger partial charge >= 0.3 is 0 Å². The standard InChI is InChI=1S/C31H22BrFN2O5/c1-40-24-11-10-18(14-22(24)32)29(37)27-26-25(30(38)35(31(26)39)21-9-5-8-20(33)16-21)23-15-19(12-13-34(23)27)28(36)17-6-3-2-4-7-17/h2-16,23,25-27H,1H3/t23-,25-,26+,27-/m0/s1. The van der Waals surface area contributed by atoms with Gasteiger partial charge in [-0.05, 0) is 58.4 Å². The van der Waals surface area contributed by atoms with Crippen LogP contribution in [-0.2, 0) is 9.59 Å². The van der Waals surface area contributed by atoms with Gasteiger partial charge in [0.15, 0.2) is 11.6 Å². The highest BCUT2D eigenvalue weighted by atomic mass is 79.9. The minimum atomic E-state index is -1.04. The second-order valence-electron chi connectivity index (χ2n) is 9.77. The molecule has 0 saturated carbocycles. The number of carbonyl (C=O) groups excluding carboxylic acids is 4. The van der Waals surface area contributed by atoms with E-state index in [1.165, 1.54) is 25.3 Å². The molecule has 3 aliphatic rings. The molecule has 0 aromatic heterocycles. The molecule has 0 N–H and O–H groups in total. The summed E-state index contributed by atoms with van der Waals surface area (Å²) >= 11 is 3.41. The number of fused-ring (bicyclic) bond motifs is 3. The van der Waals surface area contributed by atoms with Gasteiger partial charge in [0, 0.05) is 22.9 Å². The van der Waals surface area contributed by atoms with E-state index in [1.54, 1.807) is 65.7 Å². The van der Waals surface area contributed by atoms with Crippen molar-refractivity contribution in [3.63, 3.8) is 0 Å². The normalized spacial score (nSPS) is 23.1. The predicted octanol–water partition coefficient (Wildman–Crippen LogP) is 4.97. The fourth-order valence-corrected chi connectivity index (χ4v) is 6.35. The third kappa shape index (κ3) is 4.08. The summed E-state index contributed by atoms with van der Waals surface area (Å²) in [5.74, 6) is -3.77. The molecule has 2 amide bonds. The van der Waals surface area contributed by atoms with E-state index >= 15 is 0 Å². The number of amides is 2. The van der Waals surface area contributed by atoms with Crippen molar-refractivity contribution in [1.29, 1.82) is 0 Å². The number of rotatable bonds is 6. The Kier molecular flexibility index (Phi) is 6.46. The van der Waals surface area contributed by atoms with Crippen LogP contribution >= 0.6 is 15.9 Å². The van der Waals surface area contributed by atoms with Gasteiger partial charge in [-0.3, -0.25) is 19.2 Å². The molecule has 0 bridgehead atoms. The molecule has 0 aliphatic carbocycles. The third-order valence-electron chi connectivity index (χ3n) is 7.62. The lowest BCUT2D eigenvalue weighted by molar-refractivity contribution is -0.123. The Bertz CT molecular complexity index is 1640. The zero-order valence-electron chi connectivity index (χ0n) is 21.2. The minimum absolute atomic E-state index is 0.102. The highest BCUT2D eigenvalue weighted by Crippen LogP contribution is 2.47. The van der Waals surface area contributed by atoms with Gasteiger partial charge in [-0.2, -0.15) is 0 Å². The smallest absolute Gasteiger partial charge is 0.240 e. The van der Waals surface area contributed by atoms with Gasteiger partial charge in [-0.1, -0.05) is 42.5 Å². The minimum Gasteiger partial charge on any atom is -0.496 e. The lowest BCUT2D eigenvalue weighted by Crippen LogP contribution is -2.46. The fourth-order valence-electron chi connectivity index (χ4n) is 5.81. The summed E-state index contributed by atoms with van der Waals surface area (Å²) in [6.45, 7) is 0. The van der Waals surface area contributed by atoms with Crippen molar-refractivity contribution in [2.45, 2.75) is 12.1 Å². The first-order valence-electron chi connectivity index (χ1n) is 12.6. The first kappa shape index (κ1) is 25.9. The maximum Gasteiger partial charge on any atom is 0.240 e. The molecule has 0 radical (unpaired) electrons. The Morgan fingerprint density at radius 2 is 1.65 bits per heavy atom. The first-order valence-corrected chi connectivity index (χ1v) is 13.4. The van der Waals surface area contributed by atoms with Crippen molar-refractivity contribution in [1.82, 2.24) is 4.90 Å². The van der Waals surface area contributed by atoms with E-state index in [9.17, 15) is 23.6 Å². The number of nitrogens with zero attached hydrogens (tertiary/aromatic N) is 2. The van der Waals surface area contributed by atoms with Crippen LogP contribution in [0.2, 0.25) is 0 Å². The number of anilines is 1. The molecule has 200 valence electrons. The number of Topliss-reactive ketones (excluding diaryl/α,β-unsaturated/α-hetero) is 2. The van der Waals surface area contributed by atoms with E-state index in [4.69, 9.17) is 4.74 Å². The molecule has 0 spiro atoms. The van der Waals surface area contributed by atoms with Gasteiger partial charge in [0.1, 0.15) is 17.6 Å². The molecular formula is C31H22BrFN2O5. The summed E-state index contributed by atoms with van der Waals surface area (Å²) in [5.41, 5.74) is 1.26. The fraction of sp³-hybridized carbons (Fsp3) is 0.161. The van der Waals surface area contributed by atoms with Gasteiger partial charge in [0.05, 0.1) is 35.1 Å². The molecule has 6 rings (SSSR count). The van der Waals surface area contributed by atoms with Crippen LogP contribution in [0.15, 0.2) is 101 Å². The number of methoxy groups -OCH3 is 1. The maximum absolute atomic E-state index is 14.1. The van der Waals surface area contributed by atoms with Crippen LogP contribution in [0.4, 0.5) is 10.1 Å². The van der Waals surface area contributed by atoms with Crippen LogP contribution in [0.25, 0.3) is 0 Å². The zero-order chi connectivity index (χ0) is 28.1. The lowest BCUT2D eigenvalue weighted by Gasteiger charge is -2.33. The summed E-state index contributed by atoms with van der Waals surface area (Å²) in [6, 6.07) is 17.1. The molecule has 4 atom stereocenters. The van der Waals surface area contributed by atoms with Gasteiger partial charge in [-0.25, -0.2) is 9.29 Å². The molecule has 3 aliphatic heterocycles. The summed E-state index contributed by atoms with van der Waals surface area (Å²) in [7, 11) is 1.51. The lowest BCUT2D eigenvalue weighted by atomic mass is 9.85. The zero-order valence-corrected chi connectivity index (χ0v) is 22.7. The monoisotopic (exact) mass is 600 g/mol. The summed E-state index contributed by atoms with van der Waals surface area (Å²) in [5, 5.41) is 0. The van der Waals surface area contributed by atoms with E-state index in [2.05, 4.69) is 15.9 Å². The Morgan fingerprint density at radius 3 is 2.35 bits per heavy atom. The number of carbonyl (C=O) groups is 4. The van der Waals surface area contributed by atoms with Crippen molar-refractivity contribution >= 4 is 45.0 Å². The summed E-state index contributed by atoms with van der Waals surface area (Å²) < 4.78 is 19.9. The van der Waals surface area contributed by atoms with Gasteiger partial charge in [0.2, 0.25) is 11.8 Å². The van der Waals surface area contributed by atoms with Crippen molar-refractivity contribution in [3.05, 3.63) is 118 Å². The number of hydrogen-bond acceptors (Lipinski definition) is 6. The third-order valence-corrected chi connectivity index (χ3v) is 8.24. The van der Waals surface area contributed by atoms with Crippen LogP contribution in [-0.4, -0.2) is 47.5 Å². The van der Waals surface area contributed by atoms with E-state index < -0.39 is 41.6 Å². The van der Waals surface area contributed by atoms with E-state index in [-0.39, 0.29) is 17.3 Å². The van der Waals surface area contributed by atoms with Crippen LogP contribution in [0.1, 0.15) is 20.7 Å². The molecule has 0 unspecified atom stereocenters. The number of allylic oxidation sites excluding steroid dienone is 2. The highest BCUT2D eigenvalue weighted by Gasteiger charge is 2.63. The molecular weight excluding hydrogens is 579 g/mol. The molecule has 2 saturated heterocycles. The highest BCUT2D eigenvalue weighted by molar-refractivity contribution is 9.10.